The Balaban J connectivity index is 1.79. The second-order valence-electron chi connectivity index (χ2n) is 8.76. The lowest BCUT2D eigenvalue weighted by atomic mass is 9.89. The third-order valence-electron chi connectivity index (χ3n) is 6.29. The summed E-state index contributed by atoms with van der Waals surface area (Å²) < 4.78 is 24.6. The fourth-order valence-electron chi connectivity index (χ4n) is 4.13. The Labute approximate surface area is 167 Å². The van der Waals surface area contributed by atoms with Crippen molar-refractivity contribution < 1.29 is 8.42 Å². The Morgan fingerprint density at radius 1 is 1.00 bits per heavy atom. The Morgan fingerprint density at radius 2 is 1.68 bits per heavy atom. The number of rotatable bonds is 1. The van der Waals surface area contributed by atoms with Gasteiger partial charge in [0.05, 0.1) is 11.3 Å². The van der Waals surface area contributed by atoms with E-state index in [0.29, 0.717) is 0 Å². The molecule has 1 aromatic carbocycles. The van der Waals surface area contributed by atoms with Crippen molar-refractivity contribution >= 4 is 15.7 Å². The molecular formula is C22H27N3O2S. The zero-order valence-electron chi connectivity index (χ0n) is 16.9. The number of aryl methyl sites for hydroxylation is 3. The first-order chi connectivity index (χ1) is 13.0. The molecule has 0 unspecified atom stereocenters. The number of amidine groups is 1. The van der Waals surface area contributed by atoms with Crippen molar-refractivity contribution in [2.24, 2.45) is 10.7 Å². The number of fused-ring (bicyclic) bond motifs is 2. The molecule has 5 nitrogen and oxygen atoms in total. The van der Waals surface area contributed by atoms with E-state index in [9.17, 15) is 8.42 Å². The maximum Gasteiger partial charge on any atom is 0.165 e. The van der Waals surface area contributed by atoms with E-state index in [1.165, 1.54) is 16.7 Å². The van der Waals surface area contributed by atoms with Gasteiger partial charge in [-0.15, -0.1) is 0 Å². The van der Waals surface area contributed by atoms with Crippen molar-refractivity contribution in [3.8, 4) is 0 Å². The van der Waals surface area contributed by atoms with Gasteiger partial charge < -0.3 is 5.73 Å². The number of hydrogen-bond acceptors (Lipinski definition) is 5. The number of hydrogen-bond donors (Lipinski definition) is 1. The maximum atomic E-state index is 12.9. The van der Waals surface area contributed by atoms with Gasteiger partial charge in [-0.05, 0) is 68.9 Å². The molecule has 1 aromatic heterocycles. The standard InChI is InChI=1S/C22H27N3O2S/c1-14-5-6-16-8-7-15-9-10-18(11-17(15)12-19(16)24-14)22(4)13-28(26,27)21(2,3)20(23)25-22/h5-6,9-11H,7-8,12-13H2,1-4H3,(H2,23,25)/t22-/m0/s1. The van der Waals surface area contributed by atoms with Gasteiger partial charge in [-0.3, -0.25) is 9.98 Å². The lowest BCUT2D eigenvalue weighted by Crippen LogP contribution is -2.54. The number of benzene rings is 1. The van der Waals surface area contributed by atoms with Crippen molar-refractivity contribution in [2.75, 3.05) is 5.75 Å². The highest BCUT2D eigenvalue weighted by atomic mass is 32.2. The summed E-state index contributed by atoms with van der Waals surface area (Å²) in [5.41, 5.74) is 12.0. The molecule has 1 atom stereocenters. The SMILES string of the molecule is Cc1ccc2c(n1)Cc1cc([C@]3(C)CS(=O)(=O)C(C)(C)C(N)=N3)ccc1CC2. The fraction of sp³-hybridized carbons (Fsp3) is 0.455. The number of aromatic nitrogens is 1. The zero-order chi connectivity index (χ0) is 20.3. The Kier molecular flexibility index (Phi) is 4.20. The minimum absolute atomic E-state index is 0.0412. The summed E-state index contributed by atoms with van der Waals surface area (Å²) in [6, 6.07) is 10.5. The van der Waals surface area contributed by atoms with Crippen LogP contribution in [0.3, 0.4) is 0 Å². The molecule has 2 heterocycles. The third-order valence-corrected chi connectivity index (χ3v) is 9.00. The van der Waals surface area contributed by atoms with Crippen LogP contribution in [0.25, 0.3) is 0 Å². The van der Waals surface area contributed by atoms with Crippen LogP contribution < -0.4 is 5.73 Å². The van der Waals surface area contributed by atoms with Gasteiger partial charge in [0.25, 0.3) is 0 Å². The lowest BCUT2D eigenvalue weighted by Gasteiger charge is -2.38. The van der Waals surface area contributed by atoms with Crippen LogP contribution in [-0.4, -0.2) is 29.7 Å². The summed E-state index contributed by atoms with van der Waals surface area (Å²) in [6.07, 6.45) is 2.69. The van der Waals surface area contributed by atoms with Gasteiger partial charge in [0.15, 0.2) is 9.84 Å². The molecular weight excluding hydrogens is 370 g/mol. The summed E-state index contributed by atoms with van der Waals surface area (Å²) in [4.78, 5) is 9.41. The van der Waals surface area contributed by atoms with Crippen molar-refractivity contribution in [3.05, 3.63) is 64.0 Å². The van der Waals surface area contributed by atoms with Crippen molar-refractivity contribution in [3.63, 3.8) is 0 Å². The van der Waals surface area contributed by atoms with E-state index in [1.807, 2.05) is 19.9 Å². The molecule has 2 aromatic rings. The molecule has 0 fully saturated rings. The van der Waals surface area contributed by atoms with Gasteiger partial charge in [0.1, 0.15) is 10.6 Å². The number of pyridine rings is 1. The van der Waals surface area contributed by atoms with Crippen LogP contribution in [0, 0.1) is 6.92 Å². The van der Waals surface area contributed by atoms with Gasteiger partial charge in [0, 0.05) is 17.8 Å². The summed E-state index contributed by atoms with van der Waals surface area (Å²) in [5, 5.41) is 0. The molecule has 0 spiro atoms. The van der Waals surface area contributed by atoms with Crippen molar-refractivity contribution in [1.29, 1.82) is 0 Å². The highest BCUT2D eigenvalue weighted by Gasteiger charge is 2.48. The molecule has 0 saturated heterocycles. The van der Waals surface area contributed by atoms with E-state index in [0.717, 1.165) is 36.2 Å². The van der Waals surface area contributed by atoms with Crippen LogP contribution in [-0.2, 0) is 34.6 Å². The number of aliphatic imine (C=N–C) groups is 1. The molecule has 1 aliphatic heterocycles. The highest BCUT2D eigenvalue weighted by molar-refractivity contribution is 7.93. The van der Waals surface area contributed by atoms with Crippen LogP contribution in [0.2, 0.25) is 0 Å². The molecule has 1 aliphatic carbocycles. The largest absolute Gasteiger partial charge is 0.386 e. The predicted molar refractivity (Wildman–Crippen MR) is 112 cm³/mol. The maximum absolute atomic E-state index is 12.9. The molecule has 0 bridgehead atoms. The molecule has 6 heteroatoms. The minimum Gasteiger partial charge on any atom is -0.386 e. The first-order valence-electron chi connectivity index (χ1n) is 9.68. The van der Waals surface area contributed by atoms with E-state index in [2.05, 4.69) is 29.3 Å². The molecule has 0 amide bonds. The predicted octanol–water partition coefficient (Wildman–Crippen LogP) is 2.86. The van der Waals surface area contributed by atoms with Gasteiger partial charge in [0.2, 0.25) is 0 Å². The minimum atomic E-state index is -3.42. The molecule has 28 heavy (non-hydrogen) atoms. The zero-order valence-corrected chi connectivity index (χ0v) is 17.7. The monoisotopic (exact) mass is 397 g/mol. The average Bonchev–Trinajstić information content (AvgIpc) is 2.77. The lowest BCUT2D eigenvalue weighted by molar-refractivity contribution is 0.501. The molecule has 0 saturated carbocycles. The van der Waals surface area contributed by atoms with Gasteiger partial charge >= 0.3 is 0 Å². The van der Waals surface area contributed by atoms with Crippen LogP contribution in [0.15, 0.2) is 35.3 Å². The second-order valence-corrected chi connectivity index (χ2v) is 11.3. The van der Waals surface area contributed by atoms with Crippen LogP contribution in [0.1, 0.15) is 54.4 Å². The number of sulfone groups is 1. The van der Waals surface area contributed by atoms with E-state index < -0.39 is 20.1 Å². The molecule has 4 rings (SSSR count). The molecule has 0 radical (unpaired) electrons. The van der Waals surface area contributed by atoms with Crippen molar-refractivity contribution in [1.82, 2.24) is 4.98 Å². The summed E-state index contributed by atoms with van der Waals surface area (Å²) in [7, 11) is -3.42. The second kappa shape index (κ2) is 6.14. The third kappa shape index (κ3) is 2.94. The summed E-state index contributed by atoms with van der Waals surface area (Å²) >= 11 is 0. The Bertz CT molecular complexity index is 1100. The van der Waals surface area contributed by atoms with Crippen LogP contribution in [0.5, 0.6) is 0 Å². The average molecular weight is 398 g/mol. The topological polar surface area (TPSA) is 85.4 Å². The summed E-state index contributed by atoms with van der Waals surface area (Å²) in [5.74, 6) is 0.138. The Morgan fingerprint density at radius 3 is 2.39 bits per heavy atom. The van der Waals surface area contributed by atoms with Crippen LogP contribution in [0.4, 0.5) is 0 Å². The van der Waals surface area contributed by atoms with Gasteiger partial charge in [-0.1, -0.05) is 24.3 Å². The van der Waals surface area contributed by atoms with E-state index in [-0.39, 0.29) is 11.6 Å². The first kappa shape index (κ1) is 19.1. The summed E-state index contributed by atoms with van der Waals surface area (Å²) in [6.45, 7) is 7.13. The van der Waals surface area contributed by atoms with E-state index in [4.69, 9.17) is 10.7 Å². The number of nitrogens with zero attached hydrogens (tertiary/aromatic N) is 2. The van der Waals surface area contributed by atoms with Crippen LogP contribution >= 0.6 is 0 Å². The Hall–Kier alpha value is -2.21. The van der Waals surface area contributed by atoms with Crippen molar-refractivity contribution in [2.45, 2.75) is 57.2 Å². The molecule has 2 aliphatic rings. The smallest absolute Gasteiger partial charge is 0.165 e. The first-order valence-corrected chi connectivity index (χ1v) is 11.3. The molecule has 148 valence electrons. The quantitative estimate of drug-likeness (QED) is 0.802. The normalized spacial score (nSPS) is 25.2. The van der Waals surface area contributed by atoms with Gasteiger partial charge in [-0.25, -0.2) is 8.42 Å². The van der Waals surface area contributed by atoms with E-state index in [1.54, 1.807) is 13.8 Å². The highest BCUT2D eigenvalue weighted by Crippen LogP contribution is 2.38. The van der Waals surface area contributed by atoms with E-state index >= 15 is 0 Å². The molecule has 2 N–H and O–H groups in total. The fourth-order valence-corrected chi connectivity index (χ4v) is 5.83. The van der Waals surface area contributed by atoms with Gasteiger partial charge in [-0.2, -0.15) is 0 Å². The number of nitrogens with two attached hydrogens (primary N) is 1.